The van der Waals surface area contributed by atoms with Crippen molar-refractivity contribution in [3.8, 4) is 5.75 Å². The Balaban J connectivity index is 2.03. The van der Waals surface area contributed by atoms with Crippen molar-refractivity contribution < 1.29 is 14.3 Å². The molecule has 27 heavy (non-hydrogen) atoms. The molecule has 1 fully saturated rings. The van der Waals surface area contributed by atoms with Crippen molar-refractivity contribution in [3.63, 3.8) is 0 Å². The quantitative estimate of drug-likeness (QED) is 0.441. The summed E-state index contributed by atoms with van der Waals surface area (Å²) in [5.74, 6) is -0.457. The van der Waals surface area contributed by atoms with Gasteiger partial charge >= 0.3 is 0 Å². The fourth-order valence-electron chi connectivity index (χ4n) is 2.75. The van der Waals surface area contributed by atoms with Crippen molar-refractivity contribution in [2.45, 2.75) is 13.3 Å². The molecule has 0 atom stereocenters. The first-order chi connectivity index (χ1) is 12.9. The Kier molecular flexibility index (Phi) is 5.72. The van der Waals surface area contributed by atoms with Crippen molar-refractivity contribution in [1.29, 1.82) is 0 Å². The van der Waals surface area contributed by atoms with E-state index in [1.54, 1.807) is 12.1 Å². The summed E-state index contributed by atoms with van der Waals surface area (Å²) in [7, 11) is 1.53. The lowest BCUT2D eigenvalue weighted by atomic mass is 10.1. The van der Waals surface area contributed by atoms with Crippen LogP contribution in [0.1, 0.15) is 18.1 Å². The van der Waals surface area contributed by atoms with Crippen LogP contribution in [0.5, 0.6) is 5.75 Å². The number of anilines is 1. The maximum Gasteiger partial charge on any atom is 0.270 e. The summed E-state index contributed by atoms with van der Waals surface area (Å²) in [6.45, 7) is 2.05. The molecular weight excluding hydrogens is 428 g/mol. The summed E-state index contributed by atoms with van der Waals surface area (Å²) in [4.78, 5) is 26.8. The largest absolute Gasteiger partial charge is 0.496 e. The highest BCUT2D eigenvalue weighted by atomic mass is 79.9. The second kappa shape index (κ2) is 8.02. The Labute approximate surface area is 171 Å². The van der Waals surface area contributed by atoms with Crippen LogP contribution in [0.3, 0.4) is 0 Å². The van der Waals surface area contributed by atoms with Crippen LogP contribution >= 0.6 is 28.1 Å². The molecule has 0 radical (unpaired) electrons. The summed E-state index contributed by atoms with van der Waals surface area (Å²) in [6, 6.07) is 12.9. The molecule has 7 heteroatoms. The number of aryl methyl sites for hydroxylation is 1. The Bertz CT molecular complexity index is 954. The second-order valence-corrected chi connectivity index (χ2v) is 7.17. The minimum atomic E-state index is -0.534. The van der Waals surface area contributed by atoms with Crippen LogP contribution in [0.15, 0.2) is 52.5 Å². The number of carbonyl (C=O) groups is 2. The van der Waals surface area contributed by atoms with Crippen LogP contribution in [0.2, 0.25) is 0 Å². The maximum atomic E-state index is 13.0. The lowest BCUT2D eigenvalue weighted by molar-refractivity contribution is -0.122. The van der Waals surface area contributed by atoms with E-state index in [9.17, 15) is 9.59 Å². The van der Waals surface area contributed by atoms with E-state index < -0.39 is 11.8 Å². The number of benzene rings is 2. The first kappa shape index (κ1) is 19.3. The summed E-state index contributed by atoms with van der Waals surface area (Å²) < 4.78 is 6.13. The van der Waals surface area contributed by atoms with Gasteiger partial charge in [-0.3, -0.25) is 19.8 Å². The number of halogens is 1. The number of nitrogens with zero attached hydrogens (tertiary/aromatic N) is 1. The predicted molar refractivity (Wildman–Crippen MR) is 113 cm³/mol. The topological polar surface area (TPSA) is 58.6 Å². The van der Waals surface area contributed by atoms with Gasteiger partial charge in [-0.2, -0.15) is 0 Å². The van der Waals surface area contributed by atoms with Gasteiger partial charge in [0.2, 0.25) is 0 Å². The Morgan fingerprint density at radius 2 is 1.89 bits per heavy atom. The van der Waals surface area contributed by atoms with Crippen LogP contribution in [0, 0.1) is 0 Å². The SMILES string of the molecule is CCc1ccc(N2C(=O)C(=Cc3cc(Br)ccc3OC)C(=O)NC2=S)cc1. The van der Waals surface area contributed by atoms with Crippen LogP contribution in [0.4, 0.5) is 5.69 Å². The summed E-state index contributed by atoms with van der Waals surface area (Å²) in [5.41, 5.74) is 2.35. The number of carbonyl (C=O) groups excluding carboxylic acids is 2. The molecule has 3 rings (SSSR count). The van der Waals surface area contributed by atoms with E-state index in [1.165, 1.54) is 18.1 Å². The van der Waals surface area contributed by atoms with Crippen molar-refractivity contribution in [2.75, 3.05) is 12.0 Å². The molecule has 0 bridgehead atoms. The molecule has 0 spiro atoms. The maximum absolute atomic E-state index is 13.0. The molecular formula is C20H17BrN2O3S. The molecule has 0 saturated carbocycles. The molecule has 1 saturated heterocycles. The van der Waals surface area contributed by atoms with Gasteiger partial charge in [-0.1, -0.05) is 35.0 Å². The smallest absolute Gasteiger partial charge is 0.270 e. The molecule has 0 aromatic heterocycles. The third-order valence-corrected chi connectivity index (χ3v) is 4.97. The van der Waals surface area contributed by atoms with Crippen LogP contribution < -0.4 is 15.0 Å². The molecule has 5 nitrogen and oxygen atoms in total. The number of hydrogen-bond acceptors (Lipinski definition) is 4. The first-order valence-electron chi connectivity index (χ1n) is 8.28. The van der Waals surface area contributed by atoms with Crippen LogP contribution in [0.25, 0.3) is 6.08 Å². The highest BCUT2D eigenvalue weighted by Gasteiger charge is 2.34. The number of hydrogen-bond donors (Lipinski definition) is 1. The number of methoxy groups -OCH3 is 1. The van der Waals surface area contributed by atoms with Crippen molar-refractivity contribution in [1.82, 2.24) is 5.32 Å². The van der Waals surface area contributed by atoms with Crippen molar-refractivity contribution in [3.05, 3.63) is 63.6 Å². The van der Waals surface area contributed by atoms with Gasteiger partial charge in [0.25, 0.3) is 11.8 Å². The molecule has 1 aliphatic heterocycles. The monoisotopic (exact) mass is 444 g/mol. The van der Waals surface area contributed by atoms with E-state index in [2.05, 4.69) is 28.2 Å². The molecule has 0 aliphatic carbocycles. The van der Waals surface area contributed by atoms with Gasteiger partial charge in [0.1, 0.15) is 11.3 Å². The normalized spacial score (nSPS) is 15.9. The van der Waals surface area contributed by atoms with E-state index in [-0.39, 0.29) is 10.7 Å². The number of amides is 2. The van der Waals surface area contributed by atoms with Crippen molar-refractivity contribution >= 4 is 56.8 Å². The number of rotatable bonds is 4. The predicted octanol–water partition coefficient (Wildman–Crippen LogP) is 3.85. The van der Waals surface area contributed by atoms with Gasteiger partial charge in [0.05, 0.1) is 12.8 Å². The molecule has 1 heterocycles. The average Bonchev–Trinajstić information content (AvgIpc) is 2.65. The lowest BCUT2D eigenvalue weighted by Crippen LogP contribution is -2.54. The lowest BCUT2D eigenvalue weighted by Gasteiger charge is -2.29. The Hall–Kier alpha value is -2.51. The minimum absolute atomic E-state index is 0.0143. The summed E-state index contributed by atoms with van der Waals surface area (Å²) >= 11 is 8.62. The van der Waals surface area contributed by atoms with Gasteiger partial charge in [0, 0.05) is 10.0 Å². The van der Waals surface area contributed by atoms with Gasteiger partial charge in [-0.25, -0.2) is 0 Å². The fraction of sp³-hybridized carbons (Fsp3) is 0.150. The second-order valence-electron chi connectivity index (χ2n) is 5.86. The molecule has 2 aromatic carbocycles. The highest BCUT2D eigenvalue weighted by molar-refractivity contribution is 9.10. The highest BCUT2D eigenvalue weighted by Crippen LogP contribution is 2.28. The molecule has 0 unspecified atom stereocenters. The van der Waals surface area contributed by atoms with Gasteiger partial charge in [0.15, 0.2) is 5.11 Å². The molecule has 1 N–H and O–H groups in total. The van der Waals surface area contributed by atoms with Crippen LogP contribution in [-0.2, 0) is 16.0 Å². The average molecular weight is 445 g/mol. The third kappa shape index (κ3) is 3.94. The van der Waals surface area contributed by atoms with Crippen molar-refractivity contribution in [2.24, 2.45) is 0 Å². The van der Waals surface area contributed by atoms with Crippen LogP contribution in [-0.4, -0.2) is 24.0 Å². The van der Waals surface area contributed by atoms with E-state index >= 15 is 0 Å². The van der Waals surface area contributed by atoms with Gasteiger partial charge in [-0.05, 0) is 60.6 Å². The standard InChI is InChI=1S/C20H17BrN2O3S/c1-3-12-4-7-15(8-5-12)23-19(25)16(18(24)22-20(23)27)11-13-10-14(21)6-9-17(13)26-2/h4-11H,3H2,1-2H3,(H,22,24,27). The third-order valence-electron chi connectivity index (χ3n) is 4.20. The first-order valence-corrected chi connectivity index (χ1v) is 9.48. The van der Waals surface area contributed by atoms with E-state index in [1.807, 2.05) is 30.3 Å². The number of ether oxygens (including phenoxy) is 1. The van der Waals surface area contributed by atoms with Gasteiger partial charge < -0.3 is 4.74 Å². The summed E-state index contributed by atoms with van der Waals surface area (Å²) in [6.07, 6.45) is 2.40. The number of nitrogens with one attached hydrogen (secondary N) is 1. The Morgan fingerprint density at radius 1 is 1.19 bits per heavy atom. The minimum Gasteiger partial charge on any atom is -0.496 e. The van der Waals surface area contributed by atoms with Gasteiger partial charge in [-0.15, -0.1) is 0 Å². The molecule has 2 amide bonds. The molecule has 138 valence electrons. The summed E-state index contributed by atoms with van der Waals surface area (Å²) in [5, 5.41) is 2.65. The number of thiocarbonyl (C=S) groups is 1. The van der Waals surface area contributed by atoms with E-state index in [0.717, 1.165) is 16.5 Å². The zero-order valence-electron chi connectivity index (χ0n) is 14.8. The fourth-order valence-corrected chi connectivity index (χ4v) is 3.41. The molecule has 1 aliphatic rings. The zero-order chi connectivity index (χ0) is 19.6. The van der Waals surface area contributed by atoms with E-state index in [0.29, 0.717) is 17.0 Å². The molecule has 2 aromatic rings. The van der Waals surface area contributed by atoms with E-state index in [4.69, 9.17) is 17.0 Å². The zero-order valence-corrected chi connectivity index (χ0v) is 17.2. The Morgan fingerprint density at radius 3 is 2.52 bits per heavy atom.